The Morgan fingerprint density at radius 2 is 2.31 bits per heavy atom. The molecule has 0 atom stereocenters. The summed E-state index contributed by atoms with van der Waals surface area (Å²) in [5, 5.41) is 0. The molecule has 0 unspecified atom stereocenters. The summed E-state index contributed by atoms with van der Waals surface area (Å²) >= 11 is 3.20. The molecule has 0 aliphatic rings. The van der Waals surface area contributed by atoms with Crippen LogP contribution in [0.4, 0.5) is 4.39 Å². The van der Waals surface area contributed by atoms with Gasteiger partial charge >= 0.3 is 0 Å². The van der Waals surface area contributed by atoms with Gasteiger partial charge in [-0.2, -0.15) is 0 Å². The van der Waals surface area contributed by atoms with Crippen molar-refractivity contribution in [3.05, 3.63) is 28.9 Å². The average molecular weight is 245 g/mol. The van der Waals surface area contributed by atoms with Crippen molar-refractivity contribution in [2.75, 3.05) is 7.11 Å². The van der Waals surface area contributed by atoms with E-state index >= 15 is 0 Å². The van der Waals surface area contributed by atoms with E-state index in [1.807, 2.05) is 0 Å². The van der Waals surface area contributed by atoms with Crippen molar-refractivity contribution in [2.45, 2.75) is 0 Å². The second kappa shape index (κ2) is 2.99. The van der Waals surface area contributed by atoms with Crippen molar-refractivity contribution in [3.8, 4) is 5.75 Å². The summed E-state index contributed by atoms with van der Waals surface area (Å²) in [5.41, 5.74) is 0.644. The second-order valence-electron chi connectivity index (χ2n) is 2.52. The first kappa shape index (κ1) is 8.50. The van der Waals surface area contributed by atoms with Gasteiger partial charge in [0.1, 0.15) is 10.3 Å². The molecular formula is C8H6BrFN2O. The predicted octanol–water partition coefficient (Wildman–Crippen LogP) is 2.24. The molecule has 2 aromatic rings. The number of hydrogen-bond donors (Lipinski definition) is 0. The molecule has 2 heterocycles. The fraction of sp³-hybridized carbons (Fsp3) is 0.125. The summed E-state index contributed by atoms with van der Waals surface area (Å²) < 4.78 is 20.2. The first-order valence-electron chi connectivity index (χ1n) is 3.58. The minimum Gasteiger partial charge on any atom is -0.493 e. The molecule has 0 aliphatic heterocycles. The third-order valence-corrected chi connectivity index (χ3v) is 2.08. The Morgan fingerprint density at radius 3 is 3.00 bits per heavy atom. The van der Waals surface area contributed by atoms with E-state index in [0.717, 1.165) is 0 Å². The van der Waals surface area contributed by atoms with Gasteiger partial charge in [-0.3, -0.25) is 0 Å². The van der Waals surface area contributed by atoms with Crippen LogP contribution in [0.3, 0.4) is 0 Å². The number of fused-ring (bicyclic) bond motifs is 1. The third kappa shape index (κ3) is 1.39. The number of pyridine rings is 1. The van der Waals surface area contributed by atoms with Gasteiger partial charge < -0.3 is 9.14 Å². The van der Waals surface area contributed by atoms with Gasteiger partial charge in [0.15, 0.2) is 11.6 Å². The van der Waals surface area contributed by atoms with Gasteiger partial charge in [0.05, 0.1) is 13.3 Å². The van der Waals surface area contributed by atoms with Crippen molar-refractivity contribution in [3.63, 3.8) is 0 Å². The fourth-order valence-corrected chi connectivity index (χ4v) is 1.52. The molecule has 68 valence electrons. The van der Waals surface area contributed by atoms with Gasteiger partial charge in [-0.15, -0.1) is 0 Å². The van der Waals surface area contributed by atoms with Crippen molar-refractivity contribution < 1.29 is 9.13 Å². The van der Waals surface area contributed by atoms with Crippen LogP contribution in [0.25, 0.3) is 5.65 Å². The monoisotopic (exact) mass is 244 g/mol. The fourth-order valence-electron chi connectivity index (χ4n) is 1.12. The van der Waals surface area contributed by atoms with E-state index in [1.54, 1.807) is 16.7 Å². The number of methoxy groups -OCH3 is 1. The molecule has 0 N–H and O–H groups in total. The quantitative estimate of drug-likeness (QED) is 0.770. The van der Waals surface area contributed by atoms with E-state index in [0.29, 0.717) is 10.3 Å². The van der Waals surface area contributed by atoms with Crippen LogP contribution in [0, 0.1) is 5.82 Å². The largest absolute Gasteiger partial charge is 0.493 e. The van der Waals surface area contributed by atoms with Crippen LogP contribution in [0.2, 0.25) is 0 Å². The summed E-state index contributed by atoms with van der Waals surface area (Å²) in [4.78, 5) is 4.10. The smallest absolute Gasteiger partial charge is 0.181 e. The maximum Gasteiger partial charge on any atom is 0.181 e. The van der Waals surface area contributed by atoms with Gasteiger partial charge in [0.2, 0.25) is 0 Å². The van der Waals surface area contributed by atoms with Crippen LogP contribution >= 0.6 is 15.9 Å². The highest BCUT2D eigenvalue weighted by Crippen LogP contribution is 2.20. The number of halogens is 2. The van der Waals surface area contributed by atoms with Crippen molar-refractivity contribution in [1.29, 1.82) is 0 Å². The number of imidazole rings is 1. The first-order valence-corrected chi connectivity index (χ1v) is 4.38. The molecule has 0 spiro atoms. The van der Waals surface area contributed by atoms with Gasteiger partial charge in [-0.1, -0.05) is 0 Å². The normalized spacial score (nSPS) is 10.7. The summed E-state index contributed by atoms with van der Waals surface area (Å²) in [6, 6.07) is 1.54. The molecule has 0 radical (unpaired) electrons. The highest BCUT2D eigenvalue weighted by molar-refractivity contribution is 9.10. The maximum absolute atomic E-state index is 13.1. The molecule has 0 saturated heterocycles. The zero-order valence-corrected chi connectivity index (χ0v) is 8.38. The lowest BCUT2D eigenvalue weighted by Gasteiger charge is -2.01. The van der Waals surface area contributed by atoms with E-state index in [9.17, 15) is 4.39 Å². The second-order valence-corrected chi connectivity index (χ2v) is 3.33. The average Bonchev–Trinajstić information content (AvgIpc) is 2.42. The van der Waals surface area contributed by atoms with Crippen molar-refractivity contribution in [1.82, 2.24) is 9.38 Å². The Morgan fingerprint density at radius 1 is 1.54 bits per heavy atom. The van der Waals surface area contributed by atoms with E-state index in [4.69, 9.17) is 4.74 Å². The van der Waals surface area contributed by atoms with E-state index in [2.05, 4.69) is 20.9 Å². The van der Waals surface area contributed by atoms with E-state index < -0.39 is 5.82 Å². The minimum absolute atomic E-state index is 0.200. The van der Waals surface area contributed by atoms with Crippen molar-refractivity contribution >= 4 is 21.6 Å². The summed E-state index contributed by atoms with van der Waals surface area (Å²) in [6.45, 7) is 0. The predicted molar refractivity (Wildman–Crippen MR) is 49.4 cm³/mol. The lowest BCUT2D eigenvalue weighted by atomic mass is 10.4. The van der Waals surface area contributed by atoms with Gasteiger partial charge in [-0.05, 0) is 15.9 Å². The molecule has 0 aliphatic carbocycles. The maximum atomic E-state index is 13.1. The SMILES string of the molecule is COc1cc2nc(Br)cn2cc1F. The molecule has 0 amide bonds. The summed E-state index contributed by atoms with van der Waals surface area (Å²) in [5.74, 6) is -0.203. The Kier molecular flexibility index (Phi) is 1.95. The van der Waals surface area contributed by atoms with Crippen LogP contribution in [-0.2, 0) is 0 Å². The molecule has 0 aromatic carbocycles. The van der Waals surface area contributed by atoms with Gasteiger partial charge in [0, 0.05) is 12.3 Å². The summed E-state index contributed by atoms with van der Waals surface area (Å²) in [7, 11) is 1.42. The molecule has 5 heteroatoms. The Hall–Kier alpha value is -1.10. The van der Waals surface area contributed by atoms with Crippen LogP contribution in [-0.4, -0.2) is 16.5 Å². The lowest BCUT2D eigenvalue weighted by molar-refractivity contribution is 0.385. The topological polar surface area (TPSA) is 26.5 Å². The number of aromatic nitrogens is 2. The van der Waals surface area contributed by atoms with Gasteiger partial charge in [-0.25, -0.2) is 9.37 Å². The zero-order chi connectivity index (χ0) is 9.42. The Balaban J connectivity index is 2.72. The van der Waals surface area contributed by atoms with E-state index in [-0.39, 0.29) is 5.75 Å². The van der Waals surface area contributed by atoms with Crippen LogP contribution in [0.1, 0.15) is 0 Å². The summed E-state index contributed by atoms with van der Waals surface area (Å²) in [6.07, 6.45) is 3.00. The number of nitrogens with zero attached hydrogens (tertiary/aromatic N) is 2. The molecule has 0 fully saturated rings. The first-order chi connectivity index (χ1) is 6.20. The molecule has 13 heavy (non-hydrogen) atoms. The number of rotatable bonds is 1. The van der Waals surface area contributed by atoms with Crippen molar-refractivity contribution in [2.24, 2.45) is 0 Å². The molecule has 0 saturated carbocycles. The molecule has 2 rings (SSSR count). The zero-order valence-electron chi connectivity index (χ0n) is 6.79. The molecule has 3 nitrogen and oxygen atoms in total. The molecule has 0 bridgehead atoms. The number of hydrogen-bond acceptors (Lipinski definition) is 2. The lowest BCUT2D eigenvalue weighted by Crippen LogP contribution is -1.91. The van der Waals surface area contributed by atoms with E-state index in [1.165, 1.54) is 13.3 Å². The molecule has 2 aromatic heterocycles. The highest BCUT2D eigenvalue weighted by Gasteiger charge is 2.06. The highest BCUT2D eigenvalue weighted by atomic mass is 79.9. The van der Waals surface area contributed by atoms with Crippen LogP contribution in [0.15, 0.2) is 23.1 Å². The van der Waals surface area contributed by atoms with Crippen LogP contribution in [0.5, 0.6) is 5.75 Å². The van der Waals surface area contributed by atoms with Gasteiger partial charge in [0.25, 0.3) is 0 Å². The number of ether oxygens (including phenoxy) is 1. The standard InChI is InChI=1S/C8H6BrFN2O/c1-13-6-2-8-11-7(9)4-12(8)3-5(6)10/h2-4H,1H3. The Bertz CT molecular complexity index is 455. The Labute approximate surface area is 82.3 Å². The third-order valence-electron chi connectivity index (χ3n) is 1.70. The van der Waals surface area contributed by atoms with Crippen LogP contribution < -0.4 is 4.74 Å². The molecular weight excluding hydrogens is 239 g/mol. The minimum atomic E-state index is -0.403.